The zero-order chi connectivity index (χ0) is 17.8. The zero-order valence-electron chi connectivity index (χ0n) is 14.4. The fourth-order valence-corrected chi connectivity index (χ4v) is 5.18. The van der Waals surface area contributed by atoms with Crippen LogP contribution in [0, 0.1) is 11.8 Å². The van der Waals surface area contributed by atoms with Crippen molar-refractivity contribution in [1.82, 2.24) is 9.80 Å². The van der Waals surface area contributed by atoms with Gasteiger partial charge in [-0.3, -0.25) is 9.59 Å². The van der Waals surface area contributed by atoms with Crippen molar-refractivity contribution in [3.63, 3.8) is 0 Å². The molecule has 4 fully saturated rings. The second-order valence-corrected chi connectivity index (χ2v) is 8.02. The summed E-state index contributed by atoms with van der Waals surface area (Å²) in [6.07, 6.45) is 2.17. The molecule has 4 saturated heterocycles. The molecule has 4 rings (SSSR count). The molecule has 0 radical (unpaired) electrons. The standard InChI is InChI=1S/C17H27N3O5/c18-5-8-20-9-17-2-1-11(25-17)12(13(17)15(20)23)14(22)19-6-3-16(24,10-21)4-7-19/h11-13,21,24H,1-10,18H2/t11-,12-,13+,17-/m0/s1. The van der Waals surface area contributed by atoms with Crippen LogP contribution in [0.2, 0.25) is 0 Å². The number of amides is 2. The third-order valence-electron chi connectivity index (χ3n) is 6.59. The van der Waals surface area contributed by atoms with Crippen molar-refractivity contribution in [2.45, 2.75) is 43.0 Å². The Morgan fingerprint density at radius 2 is 2.04 bits per heavy atom. The van der Waals surface area contributed by atoms with Gasteiger partial charge in [0.2, 0.25) is 11.8 Å². The normalized spacial score (nSPS) is 39.2. The second kappa shape index (κ2) is 5.90. The predicted molar refractivity (Wildman–Crippen MR) is 87.3 cm³/mol. The predicted octanol–water partition coefficient (Wildman–Crippen LogP) is -1.70. The molecule has 0 saturated carbocycles. The van der Waals surface area contributed by atoms with Crippen LogP contribution in [0.25, 0.3) is 0 Å². The van der Waals surface area contributed by atoms with Crippen molar-refractivity contribution < 1.29 is 24.5 Å². The Labute approximate surface area is 146 Å². The number of fused-ring (bicyclic) bond motifs is 1. The largest absolute Gasteiger partial charge is 0.393 e. The van der Waals surface area contributed by atoms with Gasteiger partial charge in [0.25, 0.3) is 0 Å². The van der Waals surface area contributed by atoms with E-state index < -0.39 is 23.0 Å². The van der Waals surface area contributed by atoms with Gasteiger partial charge >= 0.3 is 0 Å². The molecule has 1 spiro atoms. The lowest BCUT2D eigenvalue weighted by atomic mass is 9.72. The number of ether oxygens (including phenoxy) is 1. The molecular formula is C17H27N3O5. The first-order valence-corrected chi connectivity index (χ1v) is 9.22. The number of rotatable bonds is 4. The van der Waals surface area contributed by atoms with Crippen LogP contribution >= 0.6 is 0 Å². The van der Waals surface area contributed by atoms with Gasteiger partial charge in [-0.1, -0.05) is 0 Å². The molecule has 0 aromatic rings. The van der Waals surface area contributed by atoms with Gasteiger partial charge in [0, 0.05) is 26.2 Å². The SMILES string of the molecule is NCCN1C[C@]23CC[C@H](O2)[C@H](C(=O)N2CCC(O)(CO)CC2)[C@@H]3C1=O. The highest BCUT2D eigenvalue weighted by Crippen LogP contribution is 2.55. The molecule has 4 aliphatic rings. The summed E-state index contributed by atoms with van der Waals surface area (Å²) in [7, 11) is 0. The van der Waals surface area contributed by atoms with Crippen LogP contribution in [-0.4, -0.2) is 88.5 Å². The molecule has 0 aliphatic carbocycles. The lowest BCUT2D eigenvalue weighted by molar-refractivity contribution is -0.148. The minimum absolute atomic E-state index is 0.00475. The van der Waals surface area contributed by atoms with E-state index in [1.165, 1.54) is 0 Å². The zero-order valence-corrected chi connectivity index (χ0v) is 14.4. The topological polar surface area (TPSA) is 116 Å². The molecule has 2 bridgehead atoms. The second-order valence-electron chi connectivity index (χ2n) is 8.02. The van der Waals surface area contributed by atoms with Gasteiger partial charge in [-0.25, -0.2) is 0 Å². The minimum atomic E-state index is -1.09. The Morgan fingerprint density at radius 1 is 1.32 bits per heavy atom. The molecule has 140 valence electrons. The summed E-state index contributed by atoms with van der Waals surface area (Å²) in [6.45, 7) is 1.96. The number of carbonyl (C=O) groups excluding carboxylic acids is 2. The van der Waals surface area contributed by atoms with Crippen molar-refractivity contribution in [3.8, 4) is 0 Å². The van der Waals surface area contributed by atoms with E-state index in [9.17, 15) is 19.8 Å². The summed E-state index contributed by atoms with van der Waals surface area (Å²) in [5, 5.41) is 19.4. The van der Waals surface area contributed by atoms with Crippen molar-refractivity contribution in [1.29, 1.82) is 0 Å². The summed E-state index contributed by atoms with van der Waals surface area (Å²) in [5.74, 6) is -0.873. The Morgan fingerprint density at radius 3 is 2.68 bits per heavy atom. The Hall–Kier alpha value is -1.22. The van der Waals surface area contributed by atoms with E-state index >= 15 is 0 Å². The van der Waals surface area contributed by atoms with E-state index in [-0.39, 0.29) is 24.5 Å². The van der Waals surface area contributed by atoms with Crippen molar-refractivity contribution >= 4 is 11.8 Å². The van der Waals surface area contributed by atoms with Crippen molar-refractivity contribution in [2.24, 2.45) is 17.6 Å². The molecule has 4 aliphatic heterocycles. The number of piperidine rings is 1. The van der Waals surface area contributed by atoms with Gasteiger partial charge < -0.3 is 30.5 Å². The van der Waals surface area contributed by atoms with Crippen molar-refractivity contribution in [2.75, 3.05) is 39.3 Å². The summed E-state index contributed by atoms with van der Waals surface area (Å²) in [6, 6.07) is 0. The first kappa shape index (κ1) is 17.2. The molecule has 8 heteroatoms. The molecular weight excluding hydrogens is 326 g/mol. The number of hydrogen-bond donors (Lipinski definition) is 3. The van der Waals surface area contributed by atoms with Crippen LogP contribution in [0.1, 0.15) is 25.7 Å². The molecule has 8 nitrogen and oxygen atoms in total. The first-order chi connectivity index (χ1) is 11.9. The molecule has 0 aromatic heterocycles. The Kier molecular flexibility index (Phi) is 4.06. The first-order valence-electron chi connectivity index (χ1n) is 9.22. The molecule has 4 atom stereocenters. The maximum absolute atomic E-state index is 13.1. The number of hydrogen-bond acceptors (Lipinski definition) is 6. The molecule has 0 unspecified atom stereocenters. The third kappa shape index (κ3) is 2.50. The average molecular weight is 353 g/mol. The third-order valence-corrected chi connectivity index (χ3v) is 6.59. The van der Waals surface area contributed by atoms with E-state index in [1.54, 1.807) is 9.80 Å². The van der Waals surface area contributed by atoms with Crippen LogP contribution < -0.4 is 5.73 Å². The van der Waals surface area contributed by atoms with E-state index in [4.69, 9.17) is 10.5 Å². The van der Waals surface area contributed by atoms with Crippen LogP contribution in [0.3, 0.4) is 0 Å². The van der Waals surface area contributed by atoms with Crippen molar-refractivity contribution in [3.05, 3.63) is 0 Å². The highest BCUT2D eigenvalue weighted by molar-refractivity contribution is 5.92. The van der Waals surface area contributed by atoms with Gasteiger partial charge in [-0.15, -0.1) is 0 Å². The maximum atomic E-state index is 13.1. The molecule has 4 heterocycles. The quantitative estimate of drug-likeness (QED) is 0.555. The smallest absolute Gasteiger partial charge is 0.229 e. The number of nitrogens with two attached hydrogens (primary N) is 1. The summed E-state index contributed by atoms with van der Waals surface area (Å²) in [4.78, 5) is 29.5. The highest BCUT2D eigenvalue weighted by atomic mass is 16.5. The van der Waals surface area contributed by atoms with Crippen LogP contribution in [-0.2, 0) is 14.3 Å². The fraction of sp³-hybridized carbons (Fsp3) is 0.882. The maximum Gasteiger partial charge on any atom is 0.229 e. The van der Waals surface area contributed by atoms with Gasteiger partial charge in [-0.2, -0.15) is 0 Å². The van der Waals surface area contributed by atoms with Gasteiger partial charge in [0.1, 0.15) is 0 Å². The highest BCUT2D eigenvalue weighted by Gasteiger charge is 2.69. The number of nitrogens with zero attached hydrogens (tertiary/aromatic N) is 2. The minimum Gasteiger partial charge on any atom is -0.393 e. The monoisotopic (exact) mass is 353 g/mol. The average Bonchev–Trinajstić information content (AvgIpc) is 3.24. The van der Waals surface area contributed by atoms with Crippen LogP contribution in [0.5, 0.6) is 0 Å². The van der Waals surface area contributed by atoms with E-state index in [2.05, 4.69) is 0 Å². The van der Waals surface area contributed by atoms with Gasteiger partial charge in [0.15, 0.2) is 0 Å². The summed E-state index contributed by atoms with van der Waals surface area (Å²) >= 11 is 0. The Bertz CT molecular complexity index is 577. The summed E-state index contributed by atoms with van der Waals surface area (Å²) in [5.41, 5.74) is 4.00. The van der Waals surface area contributed by atoms with Crippen LogP contribution in [0.4, 0.5) is 0 Å². The summed E-state index contributed by atoms with van der Waals surface area (Å²) < 4.78 is 6.18. The number of aliphatic hydroxyl groups excluding tert-OH is 1. The molecule has 0 aromatic carbocycles. The van der Waals surface area contributed by atoms with E-state index in [0.717, 1.165) is 12.8 Å². The van der Waals surface area contributed by atoms with Gasteiger partial charge in [0.05, 0.1) is 42.3 Å². The Balaban J connectivity index is 1.51. The van der Waals surface area contributed by atoms with Crippen LogP contribution in [0.15, 0.2) is 0 Å². The number of carbonyl (C=O) groups is 2. The number of aliphatic hydroxyl groups is 2. The van der Waals surface area contributed by atoms with E-state index in [0.29, 0.717) is 45.6 Å². The van der Waals surface area contributed by atoms with E-state index in [1.807, 2.05) is 0 Å². The lowest BCUT2D eigenvalue weighted by Gasteiger charge is -2.39. The fourth-order valence-electron chi connectivity index (χ4n) is 5.18. The lowest BCUT2D eigenvalue weighted by Crippen LogP contribution is -2.53. The number of likely N-dealkylation sites (tertiary alicyclic amines) is 2. The molecule has 4 N–H and O–H groups in total. The van der Waals surface area contributed by atoms with Gasteiger partial charge in [-0.05, 0) is 25.7 Å². The molecule has 25 heavy (non-hydrogen) atoms. The molecule has 2 amide bonds.